The first kappa shape index (κ1) is 13.2. The highest BCUT2D eigenvalue weighted by atomic mass is 32.2. The molecule has 0 spiro atoms. The van der Waals surface area contributed by atoms with Gasteiger partial charge in [0.2, 0.25) is 0 Å². The van der Waals surface area contributed by atoms with Crippen LogP contribution < -0.4 is 15.9 Å². The molecule has 0 unspecified atom stereocenters. The summed E-state index contributed by atoms with van der Waals surface area (Å²) in [5.41, 5.74) is 10.1. The van der Waals surface area contributed by atoms with Crippen molar-refractivity contribution in [3.63, 3.8) is 0 Å². The predicted octanol–water partition coefficient (Wildman–Crippen LogP) is 2.12. The SMILES string of the molecule is COc1cccc2c1SCCCC2=NNC(N)=S. The third-order valence-electron chi connectivity index (χ3n) is 2.62. The molecule has 0 saturated carbocycles. The zero-order valence-electron chi connectivity index (χ0n) is 10.1. The third kappa shape index (κ3) is 2.94. The lowest BCUT2D eigenvalue weighted by Gasteiger charge is -2.11. The van der Waals surface area contributed by atoms with E-state index in [-0.39, 0.29) is 5.11 Å². The van der Waals surface area contributed by atoms with Gasteiger partial charge in [0.05, 0.1) is 17.7 Å². The van der Waals surface area contributed by atoms with Crippen LogP contribution in [-0.4, -0.2) is 23.7 Å². The standard InChI is InChI=1S/C12H15N3OS2/c1-16-10-6-2-4-8-9(14-15-12(13)17)5-3-7-18-11(8)10/h2,4,6H,3,5,7H2,1H3,(H3,13,15,17). The van der Waals surface area contributed by atoms with Gasteiger partial charge in [-0.2, -0.15) is 5.10 Å². The van der Waals surface area contributed by atoms with Gasteiger partial charge in [0.1, 0.15) is 5.75 Å². The molecule has 0 atom stereocenters. The maximum atomic E-state index is 5.41. The molecular weight excluding hydrogens is 266 g/mol. The minimum absolute atomic E-state index is 0.184. The van der Waals surface area contributed by atoms with E-state index in [0.29, 0.717) is 0 Å². The van der Waals surface area contributed by atoms with Gasteiger partial charge in [0, 0.05) is 5.56 Å². The average Bonchev–Trinajstić information content (AvgIpc) is 2.58. The van der Waals surface area contributed by atoms with E-state index in [9.17, 15) is 0 Å². The number of hydrazone groups is 1. The smallest absolute Gasteiger partial charge is 0.184 e. The second-order valence-electron chi connectivity index (χ2n) is 3.82. The summed E-state index contributed by atoms with van der Waals surface area (Å²) in [4.78, 5) is 1.14. The lowest BCUT2D eigenvalue weighted by Crippen LogP contribution is -2.25. The first-order chi connectivity index (χ1) is 8.72. The average molecular weight is 281 g/mol. The molecule has 1 aliphatic rings. The van der Waals surface area contributed by atoms with Gasteiger partial charge in [0.15, 0.2) is 5.11 Å². The molecule has 0 amide bonds. The number of nitrogens with zero attached hydrogens (tertiary/aromatic N) is 1. The molecule has 1 aliphatic heterocycles. The van der Waals surface area contributed by atoms with Gasteiger partial charge < -0.3 is 10.5 Å². The molecule has 0 aliphatic carbocycles. The molecule has 3 N–H and O–H groups in total. The lowest BCUT2D eigenvalue weighted by molar-refractivity contribution is 0.404. The van der Waals surface area contributed by atoms with E-state index in [1.165, 1.54) is 0 Å². The number of nitrogens with one attached hydrogen (secondary N) is 1. The number of methoxy groups -OCH3 is 1. The van der Waals surface area contributed by atoms with Gasteiger partial charge in [-0.05, 0) is 36.9 Å². The number of thiocarbonyl (C=S) groups is 1. The summed E-state index contributed by atoms with van der Waals surface area (Å²) in [5, 5.41) is 4.48. The van der Waals surface area contributed by atoms with Crippen molar-refractivity contribution in [2.45, 2.75) is 17.7 Å². The van der Waals surface area contributed by atoms with Crippen LogP contribution in [-0.2, 0) is 0 Å². The molecule has 0 saturated heterocycles. The minimum atomic E-state index is 0.184. The Kier molecular flexibility index (Phi) is 4.43. The number of hydrogen-bond acceptors (Lipinski definition) is 4. The molecule has 0 fully saturated rings. The van der Waals surface area contributed by atoms with E-state index in [0.717, 1.165) is 40.5 Å². The Labute approximate surface area is 116 Å². The highest BCUT2D eigenvalue weighted by molar-refractivity contribution is 7.99. The zero-order chi connectivity index (χ0) is 13.0. The van der Waals surface area contributed by atoms with Crippen LogP contribution in [0.25, 0.3) is 0 Å². The van der Waals surface area contributed by atoms with Crippen molar-refractivity contribution in [2.24, 2.45) is 10.8 Å². The molecule has 2 rings (SSSR count). The monoisotopic (exact) mass is 281 g/mol. The maximum Gasteiger partial charge on any atom is 0.184 e. The van der Waals surface area contributed by atoms with Gasteiger partial charge >= 0.3 is 0 Å². The van der Waals surface area contributed by atoms with E-state index in [1.807, 2.05) is 12.1 Å². The fourth-order valence-corrected chi connectivity index (χ4v) is 3.01. The molecular formula is C12H15N3OS2. The molecule has 0 aromatic heterocycles. The Morgan fingerprint density at radius 1 is 1.56 bits per heavy atom. The summed E-state index contributed by atoms with van der Waals surface area (Å²) >= 11 is 6.58. The van der Waals surface area contributed by atoms with E-state index in [2.05, 4.69) is 16.6 Å². The fourth-order valence-electron chi connectivity index (χ4n) is 1.84. The van der Waals surface area contributed by atoms with Crippen LogP contribution in [0.5, 0.6) is 5.75 Å². The van der Waals surface area contributed by atoms with Crippen LogP contribution in [0.1, 0.15) is 18.4 Å². The van der Waals surface area contributed by atoms with Gasteiger partial charge in [-0.25, -0.2) is 0 Å². The highest BCUT2D eigenvalue weighted by Gasteiger charge is 2.18. The van der Waals surface area contributed by atoms with Crippen LogP contribution in [0.4, 0.5) is 0 Å². The second-order valence-corrected chi connectivity index (χ2v) is 5.37. The molecule has 18 heavy (non-hydrogen) atoms. The van der Waals surface area contributed by atoms with E-state index < -0.39 is 0 Å². The van der Waals surface area contributed by atoms with Crippen LogP contribution in [0, 0.1) is 0 Å². The molecule has 1 heterocycles. The number of thioether (sulfide) groups is 1. The summed E-state index contributed by atoms with van der Waals surface area (Å²) in [6.07, 6.45) is 1.98. The van der Waals surface area contributed by atoms with Crippen molar-refractivity contribution in [1.82, 2.24) is 5.43 Å². The second kappa shape index (κ2) is 6.06. The lowest BCUT2D eigenvalue weighted by atomic mass is 10.1. The van der Waals surface area contributed by atoms with Gasteiger partial charge in [0.25, 0.3) is 0 Å². The van der Waals surface area contributed by atoms with Crippen molar-refractivity contribution in [3.8, 4) is 5.75 Å². The van der Waals surface area contributed by atoms with E-state index in [1.54, 1.807) is 18.9 Å². The summed E-state index contributed by atoms with van der Waals surface area (Å²) in [6, 6.07) is 5.99. The van der Waals surface area contributed by atoms with Gasteiger partial charge in [-0.1, -0.05) is 12.1 Å². The van der Waals surface area contributed by atoms with Crippen molar-refractivity contribution < 1.29 is 4.74 Å². The maximum absolute atomic E-state index is 5.41. The minimum Gasteiger partial charge on any atom is -0.496 e. The molecule has 6 heteroatoms. The Balaban J connectivity index is 2.41. The summed E-state index contributed by atoms with van der Waals surface area (Å²) in [7, 11) is 1.69. The van der Waals surface area contributed by atoms with Crippen LogP contribution >= 0.6 is 24.0 Å². The Bertz CT molecular complexity index is 488. The van der Waals surface area contributed by atoms with Crippen LogP contribution in [0.3, 0.4) is 0 Å². The molecule has 96 valence electrons. The number of fused-ring (bicyclic) bond motifs is 1. The van der Waals surface area contributed by atoms with Gasteiger partial charge in [-0.3, -0.25) is 5.43 Å². The van der Waals surface area contributed by atoms with Crippen molar-refractivity contribution in [3.05, 3.63) is 23.8 Å². The van der Waals surface area contributed by atoms with Crippen molar-refractivity contribution >= 4 is 34.8 Å². The van der Waals surface area contributed by atoms with Crippen molar-refractivity contribution in [2.75, 3.05) is 12.9 Å². The molecule has 0 bridgehead atoms. The fraction of sp³-hybridized carbons (Fsp3) is 0.333. The Morgan fingerprint density at radius 3 is 3.11 bits per heavy atom. The summed E-state index contributed by atoms with van der Waals surface area (Å²) in [6.45, 7) is 0. The number of hydrogen-bond donors (Lipinski definition) is 2. The van der Waals surface area contributed by atoms with Crippen LogP contribution in [0.2, 0.25) is 0 Å². The number of rotatable bonds is 2. The molecule has 1 aromatic rings. The Hall–Kier alpha value is -1.27. The van der Waals surface area contributed by atoms with Crippen molar-refractivity contribution in [1.29, 1.82) is 0 Å². The molecule has 0 radical (unpaired) electrons. The highest BCUT2D eigenvalue weighted by Crippen LogP contribution is 2.36. The number of ether oxygens (including phenoxy) is 1. The largest absolute Gasteiger partial charge is 0.496 e. The summed E-state index contributed by atoms with van der Waals surface area (Å²) < 4.78 is 5.40. The first-order valence-electron chi connectivity index (χ1n) is 5.64. The topological polar surface area (TPSA) is 59.6 Å². The van der Waals surface area contributed by atoms with Crippen LogP contribution in [0.15, 0.2) is 28.2 Å². The molecule has 4 nitrogen and oxygen atoms in total. The zero-order valence-corrected chi connectivity index (χ0v) is 11.7. The van der Waals surface area contributed by atoms with Gasteiger partial charge in [-0.15, -0.1) is 11.8 Å². The number of nitrogens with two attached hydrogens (primary N) is 1. The quantitative estimate of drug-likeness (QED) is 0.642. The van der Waals surface area contributed by atoms with E-state index >= 15 is 0 Å². The first-order valence-corrected chi connectivity index (χ1v) is 7.04. The molecule has 1 aromatic carbocycles. The van der Waals surface area contributed by atoms with E-state index in [4.69, 9.17) is 22.7 Å². The normalized spacial score (nSPS) is 16.8. The third-order valence-corrected chi connectivity index (χ3v) is 3.91. The Morgan fingerprint density at radius 2 is 2.39 bits per heavy atom. The summed E-state index contributed by atoms with van der Waals surface area (Å²) in [5.74, 6) is 1.95. The number of benzene rings is 1. The predicted molar refractivity (Wildman–Crippen MR) is 79.4 cm³/mol.